The van der Waals surface area contributed by atoms with Crippen LogP contribution in [-0.4, -0.2) is 11.8 Å². The summed E-state index contributed by atoms with van der Waals surface area (Å²) in [5.74, 6) is -0.243. The van der Waals surface area contributed by atoms with E-state index >= 15 is 0 Å². The molecule has 0 aromatic heterocycles. The molecule has 2 rings (SSSR count). The fraction of sp³-hybridized carbons (Fsp3) is 0.500. The van der Waals surface area contributed by atoms with Gasteiger partial charge in [-0.1, -0.05) is 26.0 Å². The smallest absolute Gasteiger partial charge is 0.345 e. The summed E-state index contributed by atoms with van der Waals surface area (Å²) < 4.78 is 11.1. The summed E-state index contributed by atoms with van der Waals surface area (Å²) >= 11 is 0. The summed E-state index contributed by atoms with van der Waals surface area (Å²) in [6, 6.07) is 3.96. The Morgan fingerprint density at radius 1 is 1.18 bits per heavy atom. The summed E-state index contributed by atoms with van der Waals surface area (Å²) in [6.45, 7) is 9.54. The van der Waals surface area contributed by atoms with Crippen LogP contribution in [-0.2, 0) is 4.74 Å². The highest BCUT2D eigenvalue weighted by molar-refractivity contribution is 5.96. The fourth-order valence-corrected chi connectivity index (χ4v) is 2.07. The molecule has 0 N–H and O–H groups in total. The van der Waals surface area contributed by atoms with Crippen LogP contribution in [0.4, 0.5) is 0 Å². The number of esters is 1. The summed E-state index contributed by atoms with van der Waals surface area (Å²) in [4.78, 5) is 12.1. The van der Waals surface area contributed by atoms with Crippen LogP contribution in [0.2, 0.25) is 0 Å². The summed E-state index contributed by atoms with van der Waals surface area (Å²) in [6.07, 6.45) is 0. The average molecular weight is 234 g/mol. The minimum Gasteiger partial charge on any atom is -0.452 e. The highest BCUT2D eigenvalue weighted by Gasteiger charge is 2.36. The van der Waals surface area contributed by atoms with Gasteiger partial charge in [-0.2, -0.15) is 0 Å². The molecular formula is C14H18O3. The molecule has 1 aromatic rings. The fourth-order valence-electron chi connectivity index (χ4n) is 2.07. The van der Waals surface area contributed by atoms with Gasteiger partial charge in [-0.15, -0.1) is 0 Å². The SMILES string of the molecule is Cc1ccc(C(C)C)c2c1OC(C)(C)OC2=O. The van der Waals surface area contributed by atoms with Gasteiger partial charge in [0.15, 0.2) is 0 Å². The third kappa shape index (κ3) is 2.02. The van der Waals surface area contributed by atoms with Crippen LogP contribution in [0.1, 0.15) is 55.1 Å². The van der Waals surface area contributed by atoms with Crippen LogP contribution in [0.5, 0.6) is 5.75 Å². The van der Waals surface area contributed by atoms with Gasteiger partial charge >= 0.3 is 5.97 Å². The number of cyclic esters (lactones) is 1. The van der Waals surface area contributed by atoms with Crippen LogP contribution in [0.25, 0.3) is 0 Å². The lowest BCUT2D eigenvalue weighted by molar-refractivity contribution is -0.127. The Kier molecular flexibility index (Phi) is 2.64. The third-order valence-electron chi connectivity index (χ3n) is 2.90. The zero-order chi connectivity index (χ0) is 12.8. The Morgan fingerprint density at radius 2 is 1.82 bits per heavy atom. The number of ether oxygens (including phenoxy) is 2. The molecular weight excluding hydrogens is 216 g/mol. The maximum Gasteiger partial charge on any atom is 0.345 e. The lowest BCUT2D eigenvalue weighted by Crippen LogP contribution is -2.39. The number of carbonyl (C=O) groups excluding carboxylic acids is 1. The molecule has 1 aromatic carbocycles. The Morgan fingerprint density at radius 3 is 2.41 bits per heavy atom. The van der Waals surface area contributed by atoms with Crippen molar-refractivity contribution >= 4 is 5.97 Å². The van der Waals surface area contributed by atoms with Gasteiger partial charge in [-0.3, -0.25) is 0 Å². The van der Waals surface area contributed by atoms with E-state index in [-0.39, 0.29) is 11.9 Å². The summed E-state index contributed by atoms with van der Waals surface area (Å²) in [7, 11) is 0. The molecule has 0 bridgehead atoms. The molecule has 0 atom stereocenters. The normalized spacial score (nSPS) is 17.4. The Labute approximate surface area is 102 Å². The lowest BCUT2D eigenvalue weighted by Gasteiger charge is -2.34. The second-order valence-electron chi connectivity index (χ2n) is 5.22. The molecule has 1 aliphatic rings. The molecule has 3 nitrogen and oxygen atoms in total. The first-order chi connectivity index (χ1) is 7.82. The predicted octanol–water partition coefficient (Wildman–Crippen LogP) is 3.40. The van der Waals surface area contributed by atoms with Crippen molar-refractivity contribution in [1.82, 2.24) is 0 Å². The molecule has 1 heterocycles. The van der Waals surface area contributed by atoms with Crippen molar-refractivity contribution in [3.05, 3.63) is 28.8 Å². The van der Waals surface area contributed by atoms with Crippen molar-refractivity contribution < 1.29 is 14.3 Å². The van der Waals surface area contributed by atoms with E-state index in [0.29, 0.717) is 11.3 Å². The van der Waals surface area contributed by atoms with Gasteiger partial charge in [0, 0.05) is 13.8 Å². The summed E-state index contributed by atoms with van der Waals surface area (Å²) in [5, 5.41) is 0. The highest BCUT2D eigenvalue weighted by atomic mass is 16.7. The van der Waals surface area contributed by atoms with Crippen LogP contribution in [0.15, 0.2) is 12.1 Å². The maximum atomic E-state index is 12.1. The maximum absolute atomic E-state index is 12.1. The van der Waals surface area contributed by atoms with Crippen molar-refractivity contribution in [3.63, 3.8) is 0 Å². The number of hydrogen-bond donors (Lipinski definition) is 0. The zero-order valence-corrected chi connectivity index (χ0v) is 11.0. The molecule has 0 saturated heterocycles. The lowest BCUT2D eigenvalue weighted by atomic mass is 9.93. The molecule has 0 saturated carbocycles. The molecule has 1 aliphatic heterocycles. The molecule has 0 aliphatic carbocycles. The first-order valence-electron chi connectivity index (χ1n) is 5.87. The van der Waals surface area contributed by atoms with Crippen LogP contribution < -0.4 is 4.74 Å². The van der Waals surface area contributed by atoms with E-state index in [1.165, 1.54) is 0 Å². The Bertz CT molecular complexity index is 473. The van der Waals surface area contributed by atoms with E-state index in [0.717, 1.165) is 11.1 Å². The van der Waals surface area contributed by atoms with Crippen LogP contribution in [0, 0.1) is 6.92 Å². The molecule has 0 amide bonds. The second-order valence-corrected chi connectivity index (χ2v) is 5.22. The number of carbonyl (C=O) groups is 1. The summed E-state index contributed by atoms with van der Waals surface area (Å²) in [5.41, 5.74) is 2.53. The number of hydrogen-bond acceptors (Lipinski definition) is 3. The van der Waals surface area contributed by atoms with E-state index in [4.69, 9.17) is 9.47 Å². The minimum atomic E-state index is -0.884. The Balaban J connectivity index is 2.65. The van der Waals surface area contributed by atoms with Crippen molar-refractivity contribution in [3.8, 4) is 5.75 Å². The molecule has 0 unspecified atom stereocenters. The van der Waals surface area contributed by atoms with Gasteiger partial charge in [0.1, 0.15) is 11.3 Å². The van der Waals surface area contributed by atoms with Gasteiger partial charge in [-0.05, 0) is 24.0 Å². The zero-order valence-electron chi connectivity index (χ0n) is 11.0. The first kappa shape index (κ1) is 12.0. The standard InChI is InChI=1S/C14H18O3/c1-8(2)10-7-6-9(3)12-11(10)13(15)17-14(4,5)16-12/h6-8H,1-5H3. The van der Waals surface area contributed by atoms with E-state index in [1.54, 1.807) is 13.8 Å². The van der Waals surface area contributed by atoms with Crippen molar-refractivity contribution in [2.24, 2.45) is 0 Å². The van der Waals surface area contributed by atoms with E-state index in [9.17, 15) is 4.79 Å². The van der Waals surface area contributed by atoms with E-state index in [2.05, 4.69) is 13.8 Å². The molecule has 92 valence electrons. The van der Waals surface area contributed by atoms with Gasteiger partial charge in [-0.25, -0.2) is 4.79 Å². The number of benzene rings is 1. The quantitative estimate of drug-likeness (QED) is 0.698. The van der Waals surface area contributed by atoms with E-state index in [1.807, 2.05) is 19.1 Å². The molecule has 3 heteroatoms. The van der Waals surface area contributed by atoms with Crippen LogP contribution >= 0.6 is 0 Å². The van der Waals surface area contributed by atoms with Crippen molar-refractivity contribution in [2.75, 3.05) is 0 Å². The van der Waals surface area contributed by atoms with Crippen molar-refractivity contribution in [2.45, 2.75) is 46.3 Å². The van der Waals surface area contributed by atoms with Gasteiger partial charge in [0.2, 0.25) is 5.79 Å². The number of rotatable bonds is 1. The monoisotopic (exact) mass is 234 g/mol. The van der Waals surface area contributed by atoms with Crippen molar-refractivity contribution in [1.29, 1.82) is 0 Å². The van der Waals surface area contributed by atoms with Gasteiger partial charge in [0.05, 0.1) is 0 Å². The predicted molar refractivity (Wildman–Crippen MR) is 65.4 cm³/mol. The molecule has 0 radical (unpaired) electrons. The largest absolute Gasteiger partial charge is 0.452 e. The molecule has 0 spiro atoms. The first-order valence-corrected chi connectivity index (χ1v) is 5.87. The van der Waals surface area contributed by atoms with Gasteiger partial charge in [0.25, 0.3) is 0 Å². The Hall–Kier alpha value is -1.51. The van der Waals surface area contributed by atoms with E-state index < -0.39 is 5.79 Å². The van der Waals surface area contributed by atoms with Gasteiger partial charge < -0.3 is 9.47 Å². The average Bonchev–Trinajstić information content (AvgIpc) is 2.17. The highest BCUT2D eigenvalue weighted by Crippen LogP contribution is 2.38. The number of fused-ring (bicyclic) bond motifs is 1. The second kappa shape index (κ2) is 3.76. The van der Waals surface area contributed by atoms with Crippen LogP contribution in [0.3, 0.4) is 0 Å². The minimum absolute atomic E-state index is 0.265. The topological polar surface area (TPSA) is 35.5 Å². The third-order valence-corrected chi connectivity index (χ3v) is 2.90. The number of aryl methyl sites for hydroxylation is 1. The molecule has 17 heavy (non-hydrogen) atoms. The molecule has 0 fully saturated rings.